The Hall–Kier alpha value is -1.15. The van der Waals surface area contributed by atoms with Crippen molar-refractivity contribution in [2.45, 2.75) is 26.6 Å². The first-order valence-electron chi connectivity index (χ1n) is 5.19. The van der Waals surface area contributed by atoms with Gasteiger partial charge in [0.05, 0.1) is 8.07 Å². The largest absolute Gasteiger partial charge is 0.294 e. The molecule has 0 saturated heterocycles. The molecule has 2 heteroatoms. The zero-order valence-electron chi connectivity index (χ0n) is 9.87. The van der Waals surface area contributed by atoms with E-state index in [4.69, 9.17) is 0 Å². The van der Waals surface area contributed by atoms with Crippen LogP contribution in [0.15, 0.2) is 30.0 Å². The zero-order chi connectivity index (χ0) is 11.5. The highest BCUT2D eigenvalue weighted by Crippen LogP contribution is 2.13. The van der Waals surface area contributed by atoms with Gasteiger partial charge in [-0.05, 0) is 12.5 Å². The Labute approximate surface area is 92.8 Å². The van der Waals surface area contributed by atoms with Crippen LogP contribution < -0.4 is 0 Å². The molecule has 0 aromatic heterocycles. The maximum Gasteiger partial charge on any atom is 0.160 e. The molecule has 0 aliphatic rings. The van der Waals surface area contributed by atoms with Gasteiger partial charge < -0.3 is 0 Å². The second kappa shape index (κ2) is 4.58. The van der Waals surface area contributed by atoms with E-state index in [0.717, 1.165) is 11.1 Å². The van der Waals surface area contributed by atoms with Crippen LogP contribution in [0.1, 0.15) is 22.8 Å². The van der Waals surface area contributed by atoms with Crippen molar-refractivity contribution in [3.63, 3.8) is 0 Å². The number of ketones is 1. The van der Waals surface area contributed by atoms with Crippen LogP contribution in [-0.4, -0.2) is 13.9 Å². The van der Waals surface area contributed by atoms with Crippen LogP contribution in [0.4, 0.5) is 0 Å². The molecule has 1 rings (SSSR count). The molecule has 0 heterocycles. The third-order valence-electron chi connectivity index (χ3n) is 2.10. The first kappa shape index (κ1) is 11.9. The van der Waals surface area contributed by atoms with E-state index >= 15 is 0 Å². The molecular formula is C13H18OSi. The Morgan fingerprint density at radius 1 is 1.20 bits per heavy atom. The lowest BCUT2D eigenvalue weighted by molar-refractivity contribution is 0.101. The van der Waals surface area contributed by atoms with E-state index in [1.165, 1.54) is 0 Å². The van der Waals surface area contributed by atoms with E-state index < -0.39 is 8.07 Å². The molecule has 0 radical (unpaired) electrons. The number of carbonyl (C=O) groups excluding carboxylic acids is 1. The van der Waals surface area contributed by atoms with Gasteiger partial charge in [-0.15, -0.1) is 0 Å². The molecule has 80 valence electrons. The van der Waals surface area contributed by atoms with Gasteiger partial charge in [0.2, 0.25) is 0 Å². The Bertz CT molecular complexity index is 386. The van der Waals surface area contributed by atoms with E-state index in [1.54, 1.807) is 6.92 Å². The third-order valence-corrected chi connectivity index (χ3v) is 3.27. The normalized spacial score (nSPS) is 12.0. The second-order valence-corrected chi connectivity index (χ2v) is 9.91. The van der Waals surface area contributed by atoms with Gasteiger partial charge in [0.15, 0.2) is 5.78 Å². The minimum atomic E-state index is -1.19. The molecule has 0 aliphatic heterocycles. The summed E-state index contributed by atoms with van der Waals surface area (Å²) < 4.78 is 0. The minimum Gasteiger partial charge on any atom is -0.294 e. The van der Waals surface area contributed by atoms with Crippen LogP contribution in [0.2, 0.25) is 19.6 Å². The van der Waals surface area contributed by atoms with Crippen molar-refractivity contribution in [3.8, 4) is 0 Å². The predicted octanol–water partition coefficient (Wildman–Crippen LogP) is 3.78. The topological polar surface area (TPSA) is 17.1 Å². The van der Waals surface area contributed by atoms with Crippen LogP contribution in [0.25, 0.3) is 6.08 Å². The number of hydrogen-bond donors (Lipinski definition) is 0. The third kappa shape index (κ3) is 3.84. The smallest absolute Gasteiger partial charge is 0.160 e. The van der Waals surface area contributed by atoms with Gasteiger partial charge in [-0.2, -0.15) is 0 Å². The molecule has 0 amide bonds. The van der Waals surface area contributed by atoms with E-state index in [0.29, 0.717) is 0 Å². The summed E-state index contributed by atoms with van der Waals surface area (Å²) in [6, 6.07) is 7.75. The average Bonchev–Trinajstić information content (AvgIpc) is 2.14. The lowest BCUT2D eigenvalue weighted by atomic mass is 10.1. The highest BCUT2D eigenvalue weighted by molar-refractivity contribution is 6.81. The molecule has 0 bridgehead atoms. The number of rotatable bonds is 3. The summed E-state index contributed by atoms with van der Waals surface area (Å²) in [6.45, 7) is 8.45. The van der Waals surface area contributed by atoms with Gasteiger partial charge in [-0.1, -0.05) is 55.7 Å². The Balaban J connectivity index is 3.05. The lowest BCUT2D eigenvalue weighted by Crippen LogP contribution is -2.15. The summed E-state index contributed by atoms with van der Waals surface area (Å²) in [5.41, 5.74) is 4.11. The van der Waals surface area contributed by atoms with E-state index in [1.807, 2.05) is 24.3 Å². The fourth-order valence-electron chi connectivity index (χ4n) is 1.30. The molecule has 0 fully saturated rings. The summed E-state index contributed by atoms with van der Waals surface area (Å²) >= 11 is 0. The SMILES string of the molecule is CC(=O)c1ccccc1/C=C/[Si](C)(C)C. The number of hydrogen-bond acceptors (Lipinski definition) is 1. The van der Waals surface area contributed by atoms with Crippen molar-refractivity contribution in [1.29, 1.82) is 0 Å². The first-order valence-corrected chi connectivity index (χ1v) is 8.77. The number of carbonyl (C=O) groups is 1. The molecule has 15 heavy (non-hydrogen) atoms. The average molecular weight is 218 g/mol. The fourth-order valence-corrected chi connectivity index (χ4v) is 1.98. The van der Waals surface area contributed by atoms with Crippen molar-refractivity contribution in [2.75, 3.05) is 0 Å². The molecule has 0 aliphatic carbocycles. The summed E-state index contributed by atoms with van der Waals surface area (Å²) in [7, 11) is -1.19. The maximum atomic E-state index is 11.4. The summed E-state index contributed by atoms with van der Waals surface area (Å²) in [4.78, 5) is 11.4. The number of benzene rings is 1. The van der Waals surface area contributed by atoms with Gasteiger partial charge in [-0.3, -0.25) is 4.79 Å². The van der Waals surface area contributed by atoms with Crippen molar-refractivity contribution >= 4 is 19.9 Å². The van der Waals surface area contributed by atoms with Gasteiger partial charge >= 0.3 is 0 Å². The standard InChI is InChI=1S/C13H18OSi/c1-11(14)13-8-6-5-7-12(13)9-10-15(2,3)4/h5-10H,1-4H3/b10-9+. The second-order valence-electron chi connectivity index (χ2n) is 4.84. The zero-order valence-corrected chi connectivity index (χ0v) is 10.9. The van der Waals surface area contributed by atoms with E-state index in [-0.39, 0.29) is 5.78 Å². The van der Waals surface area contributed by atoms with E-state index in [9.17, 15) is 4.79 Å². The van der Waals surface area contributed by atoms with Crippen LogP contribution in [0, 0.1) is 0 Å². The molecule has 1 aromatic carbocycles. The van der Waals surface area contributed by atoms with Crippen molar-refractivity contribution < 1.29 is 4.79 Å². The Morgan fingerprint density at radius 2 is 1.80 bits per heavy atom. The van der Waals surface area contributed by atoms with Gasteiger partial charge in [-0.25, -0.2) is 0 Å². The summed E-state index contributed by atoms with van der Waals surface area (Å²) in [5, 5.41) is 0. The lowest BCUT2D eigenvalue weighted by Gasteiger charge is -2.09. The highest BCUT2D eigenvalue weighted by atomic mass is 28.3. The van der Waals surface area contributed by atoms with Crippen molar-refractivity contribution in [2.24, 2.45) is 0 Å². The quantitative estimate of drug-likeness (QED) is 0.557. The number of Topliss-reactive ketones (excluding diaryl/α,β-unsaturated/α-hetero) is 1. The molecule has 1 aromatic rings. The molecule has 0 spiro atoms. The van der Waals surface area contributed by atoms with Crippen LogP contribution in [0.3, 0.4) is 0 Å². The first-order chi connectivity index (χ1) is 6.90. The van der Waals surface area contributed by atoms with Gasteiger partial charge in [0.1, 0.15) is 0 Å². The van der Waals surface area contributed by atoms with Gasteiger partial charge in [0.25, 0.3) is 0 Å². The molecular weight excluding hydrogens is 200 g/mol. The monoisotopic (exact) mass is 218 g/mol. The molecule has 0 saturated carbocycles. The van der Waals surface area contributed by atoms with Crippen LogP contribution in [-0.2, 0) is 0 Å². The van der Waals surface area contributed by atoms with Gasteiger partial charge in [0, 0.05) is 5.56 Å². The van der Waals surface area contributed by atoms with E-state index in [2.05, 4.69) is 31.4 Å². The fraction of sp³-hybridized carbons (Fsp3) is 0.308. The van der Waals surface area contributed by atoms with Crippen molar-refractivity contribution in [1.82, 2.24) is 0 Å². The predicted molar refractivity (Wildman–Crippen MR) is 68.8 cm³/mol. The van der Waals surface area contributed by atoms with Crippen LogP contribution in [0.5, 0.6) is 0 Å². The van der Waals surface area contributed by atoms with Crippen LogP contribution >= 0.6 is 0 Å². The maximum absolute atomic E-state index is 11.4. The minimum absolute atomic E-state index is 0.130. The molecule has 1 nitrogen and oxygen atoms in total. The molecule has 0 unspecified atom stereocenters. The Kier molecular flexibility index (Phi) is 3.64. The molecule has 0 atom stereocenters. The van der Waals surface area contributed by atoms with Crippen molar-refractivity contribution in [3.05, 3.63) is 41.1 Å². The highest BCUT2D eigenvalue weighted by Gasteiger charge is 2.08. The molecule has 0 N–H and O–H groups in total. The Morgan fingerprint density at radius 3 is 2.33 bits per heavy atom. The summed E-state index contributed by atoms with van der Waals surface area (Å²) in [6.07, 6.45) is 2.09. The summed E-state index contributed by atoms with van der Waals surface area (Å²) in [5.74, 6) is 0.130.